The number of anilines is 1. The molecule has 3 amide bonds. The molecule has 0 spiro atoms. The van der Waals surface area contributed by atoms with Gasteiger partial charge >= 0.3 is 0 Å². The van der Waals surface area contributed by atoms with Gasteiger partial charge in [0.05, 0.1) is 21.7 Å². The third-order valence-corrected chi connectivity index (χ3v) is 4.91. The Morgan fingerprint density at radius 1 is 0.786 bits per heavy atom. The highest BCUT2D eigenvalue weighted by Crippen LogP contribution is 2.26. The van der Waals surface area contributed by atoms with Gasteiger partial charge in [0.2, 0.25) is 0 Å². The number of benzene rings is 3. The topological polar surface area (TPSA) is 57.7 Å². The Hall–Kier alpha value is -3.44. The number of hydrogen-bond donors (Lipinski definition) is 0. The summed E-state index contributed by atoms with van der Waals surface area (Å²) < 4.78 is 0. The molecule has 0 atom stereocenters. The van der Waals surface area contributed by atoms with Crippen molar-refractivity contribution in [2.45, 2.75) is 0 Å². The van der Waals surface area contributed by atoms with Gasteiger partial charge < -0.3 is 0 Å². The molecular weight excluding hydrogens is 376 g/mol. The average Bonchev–Trinajstić information content (AvgIpc) is 2.97. The van der Waals surface area contributed by atoms with E-state index in [2.05, 4.69) is 0 Å². The van der Waals surface area contributed by atoms with Gasteiger partial charge in [-0.3, -0.25) is 24.2 Å². The van der Waals surface area contributed by atoms with Gasteiger partial charge in [-0.15, -0.1) is 0 Å². The van der Waals surface area contributed by atoms with Crippen LogP contribution in [0.25, 0.3) is 0 Å². The number of amides is 3. The molecule has 4 rings (SSSR count). The van der Waals surface area contributed by atoms with E-state index in [-0.39, 0.29) is 6.67 Å². The predicted molar refractivity (Wildman–Crippen MR) is 107 cm³/mol. The number of imide groups is 1. The molecule has 0 bridgehead atoms. The monoisotopic (exact) mass is 390 g/mol. The number of halogens is 1. The van der Waals surface area contributed by atoms with Crippen LogP contribution in [0.5, 0.6) is 0 Å². The highest BCUT2D eigenvalue weighted by atomic mass is 35.5. The van der Waals surface area contributed by atoms with Crippen LogP contribution in [0.15, 0.2) is 78.9 Å². The number of nitrogens with zero attached hydrogens (tertiary/aromatic N) is 2. The predicted octanol–water partition coefficient (Wildman–Crippen LogP) is 4.24. The Morgan fingerprint density at radius 2 is 1.32 bits per heavy atom. The van der Waals surface area contributed by atoms with Crippen molar-refractivity contribution >= 4 is 35.0 Å². The van der Waals surface area contributed by atoms with E-state index in [0.29, 0.717) is 27.4 Å². The van der Waals surface area contributed by atoms with E-state index in [1.807, 2.05) is 6.07 Å². The Kier molecular flexibility index (Phi) is 4.67. The van der Waals surface area contributed by atoms with E-state index >= 15 is 0 Å². The number of para-hydroxylation sites is 1. The highest BCUT2D eigenvalue weighted by molar-refractivity contribution is 6.34. The summed E-state index contributed by atoms with van der Waals surface area (Å²) in [5.74, 6) is -1.24. The van der Waals surface area contributed by atoms with Crippen molar-refractivity contribution in [3.05, 3.63) is 101 Å². The average molecular weight is 391 g/mol. The molecule has 0 unspecified atom stereocenters. The Morgan fingerprint density at radius 3 is 1.93 bits per heavy atom. The number of carbonyl (C=O) groups excluding carboxylic acids is 3. The largest absolute Gasteiger partial charge is 0.289 e. The molecule has 3 aromatic rings. The Labute approximate surface area is 166 Å². The molecule has 0 aliphatic carbocycles. The molecule has 138 valence electrons. The van der Waals surface area contributed by atoms with Crippen molar-refractivity contribution in [3.8, 4) is 0 Å². The second-order valence-electron chi connectivity index (χ2n) is 6.27. The molecule has 0 N–H and O–H groups in total. The SMILES string of the molecule is O=C1c2ccccc2C(=O)N1CN(C(=O)c1ccccc1Cl)c1ccccc1. The second-order valence-corrected chi connectivity index (χ2v) is 6.68. The van der Waals surface area contributed by atoms with Crippen LogP contribution in [-0.2, 0) is 0 Å². The molecule has 3 aromatic carbocycles. The lowest BCUT2D eigenvalue weighted by atomic mass is 10.1. The maximum absolute atomic E-state index is 13.2. The summed E-state index contributed by atoms with van der Waals surface area (Å²) in [6.45, 7) is -0.208. The maximum Gasteiger partial charge on any atom is 0.263 e. The first-order chi connectivity index (χ1) is 13.6. The zero-order valence-electron chi connectivity index (χ0n) is 14.7. The summed E-state index contributed by atoms with van der Waals surface area (Å²) in [5.41, 5.74) is 1.53. The Bertz CT molecular complexity index is 1050. The van der Waals surface area contributed by atoms with Crippen molar-refractivity contribution in [3.63, 3.8) is 0 Å². The Balaban J connectivity index is 1.72. The lowest BCUT2D eigenvalue weighted by Crippen LogP contribution is -2.44. The van der Waals surface area contributed by atoms with Crippen LogP contribution in [0.4, 0.5) is 5.69 Å². The van der Waals surface area contributed by atoms with Crippen LogP contribution >= 0.6 is 11.6 Å². The molecule has 0 saturated carbocycles. The van der Waals surface area contributed by atoms with E-state index in [9.17, 15) is 14.4 Å². The van der Waals surface area contributed by atoms with Crippen LogP contribution in [0.2, 0.25) is 5.02 Å². The molecule has 0 radical (unpaired) electrons. The minimum atomic E-state index is -0.423. The van der Waals surface area contributed by atoms with Crippen molar-refractivity contribution < 1.29 is 14.4 Å². The van der Waals surface area contributed by atoms with Gasteiger partial charge in [-0.1, -0.05) is 54.1 Å². The van der Waals surface area contributed by atoms with Crippen LogP contribution in [0.3, 0.4) is 0 Å². The lowest BCUT2D eigenvalue weighted by molar-refractivity contribution is 0.0650. The van der Waals surface area contributed by atoms with E-state index in [1.165, 1.54) is 4.90 Å². The fourth-order valence-electron chi connectivity index (χ4n) is 3.16. The van der Waals surface area contributed by atoms with Crippen molar-refractivity contribution in [1.29, 1.82) is 0 Å². The highest BCUT2D eigenvalue weighted by Gasteiger charge is 2.37. The van der Waals surface area contributed by atoms with Crippen LogP contribution in [0, 0.1) is 0 Å². The van der Waals surface area contributed by atoms with Crippen LogP contribution in [-0.4, -0.2) is 29.3 Å². The zero-order chi connectivity index (χ0) is 19.7. The number of rotatable bonds is 4. The van der Waals surface area contributed by atoms with Gasteiger partial charge in [0.25, 0.3) is 17.7 Å². The summed E-state index contributed by atoms with van der Waals surface area (Å²) in [7, 11) is 0. The molecule has 6 heteroatoms. The van der Waals surface area contributed by atoms with E-state index in [1.54, 1.807) is 72.8 Å². The molecule has 28 heavy (non-hydrogen) atoms. The van der Waals surface area contributed by atoms with Crippen LogP contribution in [0.1, 0.15) is 31.1 Å². The summed E-state index contributed by atoms with van der Waals surface area (Å²) in [4.78, 5) is 41.2. The third-order valence-electron chi connectivity index (χ3n) is 4.58. The summed E-state index contributed by atoms with van der Waals surface area (Å²) >= 11 is 6.20. The number of hydrogen-bond acceptors (Lipinski definition) is 3. The van der Waals surface area contributed by atoms with E-state index in [0.717, 1.165) is 4.90 Å². The molecule has 0 saturated heterocycles. The molecule has 1 heterocycles. The number of carbonyl (C=O) groups is 3. The smallest absolute Gasteiger partial charge is 0.263 e. The molecule has 0 fully saturated rings. The van der Waals surface area contributed by atoms with Gasteiger partial charge in [0, 0.05) is 5.69 Å². The third kappa shape index (κ3) is 3.06. The second kappa shape index (κ2) is 7.29. The minimum absolute atomic E-state index is 0.208. The molecular formula is C22H15ClN2O3. The normalized spacial score (nSPS) is 12.8. The minimum Gasteiger partial charge on any atom is -0.289 e. The van der Waals surface area contributed by atoms with Gasteiger partial charge in [-0.2, -0.15) is 0 Å². The van der Waals surface area contributed by atoms with E-state index in [4.69, 9.17) is 11.6 Å². The fraction of sp³-hybridized carbons (Fsp3) is 0.0455. The molecule has 5 nitrogen and oxygen atoms in total. The summed E-state index contributed by atoms with van der Waals surface area (Å²) in [6.07, 6.45) is 0. The zero-order valence-corrected chi connectivity index (χ0v) is 15.5. The first kappa shape index (κ1) is 17.9. The first-order valence-corrected chi connectivity index (χ1v) is 9.02. The number of fused-ring (bicyclic) bond motifs is 1. The molecule has 1 aliphatic rings. The lowest BCUT2D eigenvalue weighted by Gasteiger charge is -2.27. The summed E-state index contributed by atoms with van der Waals surface area (Å²) in [5, 5.41) is 0.302. The standard InChI is InChI=1S/C22H15ClN2O3/c23-19-13-7-6-12-18(19)22(28)24(15-8-2-1-3-9-15)14-25-20(26)16-10-4-5-11-17(16)21(25)27/h1-13H,14H2. The molecule has 1 aliphatic heterocycles. The van der Waals surface area contributed by atoms with Crippen LogP contribution < -0.4 is 4.90 Å². The van der Waals surface area contributed by atoms with Gasteiger partial charge in [-0.05, 0) is 36.4 Å². The van der Waals surface area contributed by atoms with Crippen molar-refractivity contribution in [1.82, 2.24) is 4.90 Å². The van der Waals surface area contributed by atoms with E-state index < -0.39 is 17.7 Å². The summed E-state index contributed by atoms with van der Waals surface area (Å²) in [6, 6.07) is 22.2. The van der Waals surface area contributed by atoms with Gasteiger partial charge in [-0.25, -0.2) is 0 Å². The van der Waals surface area contributed by atoms with Gasteiger partial charge in [0.1, 0.15) is 6.67 Å². The molecule has 0 aromatic heterocycles. The first-order valence-electron chi connectivity index (χ1n) is 8.64. The van der Waals surface area contributed by atoms with Gasteiger partial charge in [0.15, 0.2) is 0 Å². The van der Waals surface area contributed by atoms with Crippen molar-refractivity contribution in [2.75, 3.05) is 11.6 Å². The maximum atomic E-state index is 13.2. The quantitative estimate of drug-likeness (QED) is 0.626. The fourth-order valence-corrected chi connectivity index (χ4v) is 3.38. The van der Waals surface area contributed by atoms with Crippen molar-refractivity contribution in [2.24, 2.45) is 0 Å².